The lowest BCUT2D eigenvalue weighted by atomic mass is 10.1. The number of pyridine rings is 1. The van der Waals surface area contributed by atoms with E-state index in [0.717, 1.165) is 31.0 Å². The molecule has 1 N–H and O–H groups in total. The molecule has 2 heterocycles. The number of hydrogen-bond donors (Lipinski definition) is 1. The maximum atomic E-state index is 4.23. The Hall–Kier alpha value is -1.42. The fraction of sp³-hybridized carbons (Fsp3) is 0.600. The topological polar surface area (TPSA) is 42.2 Å². The van der Waals surface area contributed by atoms with Gasteiger partial charge in [0, 0.05) is 19.2 Å². The van der Waals surface area contributed by atoms with Crippen LogP contribution in [0.25, 0.3) is 5.65 Å². The average Bonchev–Trinajstić information content (AvgIpc) is 2.85. The van der Waals surface area contributed by atoms with Gasteiger partial charge in [-0.2, -0.15) is 0 Å². The zero-order valence-electron chi connectivity index (χ0n) is 11.8. The van der Waals surface area contributed by atoms with Gasteiger partial charge in [-0.3, -0.25) is 4.40 Å². The Kier molecular flexibility index (Phi) is 5.82. The van der Waals surface area contributed by atoms with Crippen LogP contribution in [0.1, 0.15) is 44.9 Å². The molecule has 19 heavy (non-hydrogen) atoms. The van der Waals surface area contributed by atoms with Crippen LogP contribution in [0.15, 0.2) is 24.4 Å². The Bertz CT molecular complexity index is 478. The molecule has 0 unspecified atom stereocenters. The predicted octanol–water partition coefficient (Wildman–Crippen LogP) is 2.83. The summed E-state index contributed by atoms with van der Waals surface area (Å²) in [5.74, 6) is 1.04. The number of nitrogens with one attached hydrogen (secondary N) is 1. The van der Waals surface area contributed by atoms with Crippen molar-refractivity contribution in [1.29, 1.82) is 0 Å². The van der Waals surface area contributed by atoms with E-state index in [1.54, 1.807) is 0 Å². The van der Waals surface area contributed by atoms with Crippen molar-refractivity contribution in [2.75, 3.05) is 13.1 Å². The van der Waals surface area contributed by atoms with E-state index in [1.165, 1.54) is 32.1 Å². The van der Waals surface area contributed by atoms with E-state index in [9.17, 15) is 0 Å². The minimum Gasteiger partial charge on any atom is -0.316 e. The monoisotopic (exact) mass is 260 g/mol. The highest BCUT2D eigenvalue weighted by Crippen LogP contribution is 2.03. The second-order valence-electron chi connectivity index (χ2n) is 4.96. The lowest BCUT2D eigenvalue weighted by molar-refractivity contribution is 0.580. The molecule has 0 spiro atoms. The van der Waals surface area contributed by atoms with Crippen molar-refractivity contribution in [2.45, 2.75) is 45.4 Å². The second kappa shape index (κ2) is 7.89. The summed E-state index contributed by atoms with van der Waals surface area (Å²) >= 11 is 0. The van der Waals surface area contributed by atoms with Gasteiger partial charge in [0.1, 0.15) is 5.82 Å². The molecule has 2 rings (SSSR count). The molecule has 104 valence electrons. The maximum Gasteiger partial charge on any atom is 0.160 e. The Morgan fingerprint density at radius 3 is 2.84 bits per heavy atom. The minimum absolute atomic E-state index is 0.928. The second-order valence-corrected chi connectivity index (χ2v) is 4.96. The summed E-state index contributed by atoms with van der Waals surface area (Å²) in [7, 11) is 0. The molecule has 0 saturated heterocycles. The highest BCUT2D eigenvalue weighted by atomic mass is 15.2. The van der Waals surface area contributed by atoms with Crippen molar-refractivity contribution >= 4 is 5.65 Å². The molecular weight excluding hydrogens is 236 g/mol. The first-order chi connectivity index (χ1) is 9.42. The molecule has 0 aliphatic heterocycles. The molecule has 0 radical (unpaired) electrons. The molecule has 0 saturated carbocycles. The number of unbranched alkanes of at least 4 members (excludes halogenated alkanes) is 4. The van der Waals surface area contributed by atoms with Crippen LogP contribution in [-0.2, 0) is 6.42 Å². The predicted molar refractivity (Wildman–Crippen MR) is 78.3 cm³/mol. The lowest BCUT2D eigenvalue weighted by Gasteiger charge is -2.04. The first kappa shape index (κ1) is 14.0. The van der Waals surface area contributed by atoms with Gasteiger partial charge >= 0.3 is 0 Å². The molecule has 2 aromatic rings. The normalized spacial score (nSPS) is 11.2. The quantitative estimate of drug-likeness (QED) is 0.705. The molecular formula is C15H24N4. The van der Waals surface area contributed by atoms with Gasteiger partial charge in [0.2, 0.25) is 0 Å². The summed E-state index contributed by atoms with van der Waals surface area (Å²) in [6.07, 6.45) is 9.62. The number of nitrogens with zero attached hydrogens (tertiary/aromatic N) is 3. The van der Waals surface area contributed by atoms with Crippen molar-refractivity contribution < 1.29 is 0 Å². The van der Waals surface area contributed by atoms with E-state index in [2.05, 4.69) is 26.8 Å². The SMILES string of the molecule is CCCCCCCNCCc1nnc2ccccn12. The lowest BCUT2D eigenvalue weighted by Crippen LogP contribution is -2.19. The van der Waals surface area contributed by atoms with Crippen molar-refractivity contribution in [3.05, 3.63) is 30.2 Å². The van der Waals surface area contributed by atoms with Gasteiger partial charge in [0.05, 0.1) is 0 Å². The molecule has 4 heteroatoms. The van der Waals surface area contributed by atoms with E-state index in [4.69, 9.17) is 0 Å². The van der Waals surface area contributed by atoms with Crippen LogP contribution in [0.5, 0.6) is 0 Å². The molecule has 0 aliphatic carbocycles. The average molecular weight is 260 g/mol. The minimum atomic E-state index is 0.928. The third kappa shape index (κ3) is 4.31. The first-order valence-electron chi connectivity index (χ1n) is 7.41. The van der Waals surface area contributed by atoms with Gasteiger partial charge in [-0.1, -0.05) is 38.7 Å². The molecule has 0 aliphatic rings. The Morgan fingerprint density at radius 2 is 1.95 bits per heavy atom. The number of aromatic nitrogens is 3. The van der Waals surface area contributed by atoms with Gasteiger partial charge in [-0.25, -0.2) is 0 Å². The Balaban J connectivity index is 1.63. The number of hydrogen-bond acceptors (Lipinski definition) is 3. The van der Waals surface area contributed by atoms with Crippen molar-refractivity contribution in [2.24, 2.45) is 0 Å². The fourth-order valence-corrected chi connectivity index (χ4v) is 2.24. The summed E-state index contributed by atoms with van der Waals surface area (Å²) < 4.78 is 2.06. The zero-order chi connectivity index (χ0) is 13.3. The van der Waals surface area contributed by atoms with Crippen LogP contribution in [0, 0.1) is 0 Å². The third-order valence-corrected chi connectivity index (χ3v) is 3.37. The summed E-state index contributed by atoms with van der Waals surface area (Å²) in [5.41, 5.74) is 0.928. The van der Waals surface area contributed by atoms with Crippen LogP contribution in [-0.4, -0.2) is 27.7 Å². The highest BCUT2D eigenvalue weighted by molar-refractivity contribution is 5.36. The molecule has 4 nitrogen and oxygen atoms in total. The van der Waals surface area contributed by atoms with Gasteiger partial charge < -0.3 is 5.32 Å². The summed E-state index contributed by atoms with van der Waals surface area (Å²) in [4.78, 5) is 0. The number of fused-ring (bicyclic) bond motifs is 1. The van der Waals surface area contributed by atoms with E-state index >= 15 is 0 Å². The molecule has 2 aromatic heterocycles. The van der Waals surface area contributed by atoms with Gasteiger partial charge in [-0.05, 0) is 25.1 Å². The number of rotatable bonds is 9. The zero-order valence-corrected chi connectivity index (χ0v) is 11.8. The standard InChI is InChI=1S/C15H24N4/c1-2-3-4-5-7-11-16-12-10-15-18-17-14-9-6-8-13-19(14)15/h6,8-9,13,16H,2-5,7,10-12H2,1H3. The van der Waals surface area contributed by atoms with E-state index in [-0.39, 0.29) is 0 Å². The van der Waals surface area contributed by atoms with Crippen LogP contribution in [0.4, 0.5) is 0 Å². The van der Waals surface area contributed by atoms with Crippen LogP contribution in [0.2, 0.25) is 0 Å². The molecule has 0 bridgehead atoms. The largest absolute Gasteiger partial charge is 0.316 e. The van der Waals surface area contributed by atoms with Gasteiger partial charge in [0.15, 0.2) is 5.65 Å². The summed E-state index contributed by atoms with van der Waals surface area (Å²) in [6, 6.07) is 5.99. The highest BCUT2D eigenvalue weighted by Gasteiger charge is 2.03. The van der Waals surface area contributed by atoms with Crippen LogP contribution < -0.4 is 5.32 Å². The maximum absolute atomic E-state index is 4.23. The molecule has 0 aromatic carbocycles. The van der Waals surface area contributed by atoms with Crippen molar-refractivity contribution in [3.8, 4) is 0 Å². The Labute approximate surface area is 115 Å². The van der Waals surface area contributed by atoms with Gasteiger partial charge in [-0.15, -0.1) is 10.2 Å². The first-order valence-corrected chi connectivity index (χ1v) is 7.41. The summed E-state index contributed by atoms with van der Waals surface area (Å²) in [6.45, 7) is 4.34. The van der Waals surface area contributed by atoms with Crippen molar-refractivity contribution in [1.82, 2.24) is 19.9 Å². The van der Waals surface area contributed by atoms with E-state index in [1.807, 2.05) is 24.4 Å². The van der Waals surface area contributed by atoms with Crippen LogP contribution in [0.3, 0.4) is 0 Å². The summed E-state index contributed by atoms with van der Waals surface area (Å²) in [5, 5.41) is 11.9. The van der Waals surface area contributed by atoms with Crippen LogP contribution >= 0.6 is 0 Å². The fourth-order valence-electron chi connectivity index (χ4n) is 2.24. The third-order valence-electron chi connectivity index (χ3n) is 3.37. The van der Waals surface area contributed by atoms with E-state index < -0.39 is 0 Å². The molecule has 0 atom stereocenters. The smallest absolute Gasteiger partial charge is 0.160 e. The Morgan fingerprint density at radius 1 is 1.05 bits per heavy atom. The van der Waals surface area contributed by atoms with Crippen molar-refractivity contribution in [3.63, 3.8) is 0 Å². The van der Waals surface area contributed by atoms with E-state index in [0.29, 0.717) is 0 Å². The molecule has 0 fully saturated rings. The molecule has 0 amide bonds. The van der Waals surface area contributed by atoms with Gasteiger partial charge in [0.25, 0.3) is 0 Å².